The van der Waals surface area contributed by atoms with E-state index in [0.717, 1.165) is 10.1 Å². The third-order valence-corrected chi connectivity index (χ3v) is 3.31. The number of aryl methyl sites for hydroxylation is 1. The van der Waals surface area contributed by atoms with E-state index in [1.54, 1.807) is 32.0 Å². The standard InChI is InChI=1S/C16H16N2O3/c1-5-16(3,4)18-14(20)12(13(19)17-15(18)21)11-8-6-7-10(2)9-11/h1,6-9,20H,2-4H3,(H,17,19,21). The van der Waals surface area contributed by atoms with Gasteiger partial charge in [-0.15, -0.1) is 6.42 Å². The molecular formula is C16H16N2O3. The monoisotopic (exact) mass is 284 g/mol. The number of aromatic hydroxyl groups is 1. The Kier molecular flexibility index (Phi) is 3.48. The highest BCUT2D eigenvalue weighted by Gasteiger charge is 2.26. The van der Waals surface area contributed by atoms with Crippen molar-refractivity contribution in [2.75, 3.05) is 0 Å². The average molecular weight is 284 g/mol. The maximum absolute atomic E-state index is 12.1. The van der Waals surface area contributed by atoms with Gasteiger partial charge in [-0.25, -0.2) is 9.36 Å². The van der Waals surface area contributed by atoms with Crippen molar-refractivity contribution < 1.29 is 5.11 Å². The molecule has 2 N–H and O–H groups in total. The lowest BCUT2D eigenvalue weighted by Crippen LogP contribution is -2.40. The van der Waals surface area contributed by atoms with Crippen LogP contribution in [0, 0.1) is 19.3 Å². The number of hydrogen-bond donors (Lipinski definition) is 2. The van der Waals surface area contributed by atoms with Crippen molar-refractivity contribution >= 4 is 0 Å². The first-order valence-electron chi connectivity index (χ1n) is 6.41. The lowest BCUT2D eigenvalue weighted by Gasteiger charge is -2.23. The Morgan fingerprint density at radius 1 is 1.33 bits per heavy atom. The first kappa shape index (κ1) is 14.7. The molecule has 0 fully saturated rings. The molecule has 0 spiro atoms. The van der Waals surface area contributed by atoms with Gasteiger partial charge in [0.2, 0.25) is 5.88 Å². The normalized spacial score (nSPS) is 11.1. The molecule has 0 bridgehead atoms. The molecule has 0 saturated heterocycles. The van der Waals surface area contributed by atoms with Gasteiger partial charge in [0.25, 0.3) is 5.56 Å². The zero-order valence-corrected chi connectivity index (χ0v) is 12.1. The minimum absolute atomic E-state index is 0.0293. The summed E-state index contributed by atoms with van der Waals surface area (Å²) in [5.41, 5.74) is -0.967. The molecule has 108 valence electrons. The van der Waals surface area contributed by atoms with Gasteiger partial charge in [0.05, 0.1) is 0 Å². The smallest absolute Gasteiger partial charge is 0.332 e. The van der Waals surface area contributed by atoms with Crippen molar-refractivity contribution in [3.8, 4) is 29.4 Å². The van der Waals surface area contributed by atoms with Crippen molar-refractivity contribution in [3.05, 3.63) is 50.7 Å². The van der Waals surface area contributed by atoms with Crippen molar-refractivity contribution in [2.24, 2.45) is 0 Å². The Hall–Kier alpha value is -2.74. The zero-order valence-electron chi connectivity index (χ0n) is 12.1. The van der Waals surface area contributed by atoms with E-state index in [2.05, 4.69) is 10.9 Å². The predicted octanol–water partition coefficient (Wildman–Crippen LogP) is 1.59. The molecule has 5 nitrogen and oxygen atoms in total. The summed E-state index contributed by atoms with van der Waals surface area (Å²) in [6, 6.07) is 7.08. The Bertz CT molecular complexity index is 851. The van der Waals surface area contributed by atoms with Crippen LogP contribution >= 0.6 is 0 Å². The molecule has 0 unspecified atom stereocenters. The molecule has 21 heavy (non-hydrogen) atoms. The highest BCUT2D eigenvalue weighted by atomic mass is 16.3. The SMILES string of the molecule is C#CC(C)(C)n1c(O)c(-c2cccc(C)c2)c(=O)[nH]c1=O. The van der Waals surface area contributed by atoms with Crippen LogP contribution in [0.1, 0.15) is 19.4 Å². The number of aromatic amines is 1. The summed E-state index contributed by atoms with van der Waals surface area (Å²) in [7, 11) is 0. The maximum atomic E-state index is 12.1. The van der Waals surface area contributed by atoms with Crippen LogP contribution in [0.15, 0.2) is 33.9 Å². The number of benzene rings is 1. The van der Waals surface area contributed by atoms with Crippen LogP contribution in [-0.4, -0.2) is 14.7 Å². The summed E-state index contributed by atoms with van der Waals surface area (Å²) in [6.45, 7) is 5.08. The second-order valence-corrected chi connectivity index (χ2v) is 5.37. The number of aromatic nitrogens is 2. The van der Waals surface area contributed by atoms with Crippen LogP contribution in [0.3, 0.4) is 0 Å². The molecular weight excluding hydrogens is 268 g/mol. The quantitative estimate of drug-likeness (QED) is 0.822. The highest BCUT2D eigenvalue weighted by Crippen LogP contribution is 2.28. The van der Waals surface area contributed by atoms with Crippen LogP contribution in [0.4, 0.5) is 0 Å². The molecule has 0 atom stereocenters. The van der Waals surface area contributed by atoms with Crippen LogP contribution in [0.5, 0.6) is 5.88 Å². The molecule has 0 aliphatic rings. The maximum Gasteiger partial charge on any atom is 0.332 e. The van der Waals surface area contributed by atoms with Gasteiger partial charge in [-0.05, 0) is 26.3 Å². The second-order valence-electron chi connectivity index (χ2n) is 5.37. The summed E-state index contributed by atoms with van der Waals surface area (Å²) in [5, 5.41) is 10.4. The summed E-state index contributed by atoms with van der Waals surface area (Å²) >= 11 is 0. The molecule has 2 rings (SSSR count). The molecule has 1 aromatic carbocycles. The molecule has 1 aromatic heterocycles. The van der Waals surface area contributed by atoms with Crippen molar-refractivity contribution in [1.82, 2.24) is 9.55 Å². The number of H-pyrrole nitrogens is 1. The third-order valence-electron chi connectivity index (χ3n) is 3.31. The van der Waals surface area contributed by atoms with Gasteiger partial charge in [0.15, 0.2) is 0 Å². The third kappa shape index (κ3) is 2.48. The van der Waals surface area contributed by atoms with E-state index in [1.165, 1.54) is 0 Å². The molecule has 0 aliphatic heterocycles. The van der Waals surface area contributed by atoms with E-state index in [-0.39, 0.29) is 5.56 Å². The minimum atomic E-state index is -1.07. The van der Waals surface area contributed by atoms with E-state index < -0.39 is 22.7 Å². The molecule has 0 radical (unpaired) electrons. The fourth-order valence-electron chi connectivity index (χ4n) is 2.17. The lowest BCUT2D eigenvalue weighted by atomic mass is 10.0. The van der Waals surface area contributed by atoms with Gasteiger partial charge in [0.1, 0.15) is 11.1 Å². The van der Waals surface area contributed by atoms with E-state index in [9.17, 15) is 14.7 Å². The number of terminal acetylenes is 1. The van der Waals surface area contributed by atoms with Gasteiger partial charge in [-0.3, -0.25) is 9.78 Å². The largest absolute Gasteiger partial charge is 0.494 e. The second kappa shape index (κ2) is 4.98. The lowest BCUT2D eigenvalue weighted by molar-refractivity contribution is 0.344. The molecule has 1 heterocycles. The van der Waals surface area contributed by atoms with Gasteiger partial charge in [0, 0.05) is 0 Å². The zero-order chi connectivity index (χ0) is 15.8. The Labute approximate surface area is 121 Å². The van der Waals surface area contributed by atoms with Crippen LogP contribution < -0.4 is 11.2 Å². The van der Waals surface area contributed by atoms with Gasteiger partial charge < -0.3 is 5.11 Å². The Morgan fingerprint density at radius 2 is 2.00 bits per heavy atom. The number of nitrogens with one attached hydrogen (secondary N) is 1. The summed E-state index contributed by atoms with van der Waals surface area (Å²) in [4.78, 5) is 26.2. The van der Waals surface area contributed by atoms with E-state index >= 15 is 0 Å². The first-order valence-corrected chi connectivity index (χ1v) is 6.41. The van der Waals surface area contributed by atoms with Crippen LogP contribution in [-0.2, 0) is 5.54 Å². The minimum Gasteiger partial charge on any atom is -0.494 e. The molecule has 0 saturated carbocycles. The first-order chi connectivity index (χ1) is 9.77. The summed E-state index contributed by atoms with van der Waals surface area (Å²) in [5.74, 6) is 2.00. The molecule has 0 amide bonds. The van der Waals surface area contributed by atoms with Crippen molar-refractivity contribution in [2.45, 2.75) is 26.3 Å². The van der Waals surface area contributed by atoms with E-state index in [4.69, 9.17) is 6.42 Å². The Morgan fingerprint density at radius 3 is 2.57 bits per heavy atom. The van der Waals surface area contributed by atoms with Crippen LogP contribution in [0.25, 0.3) is 11.1 Å². The topological polar surface area (TPSA) is 75.1 Å². The average Bonchev–Trinajstić information content (AvgIpc) is 2.37. The van der Waals surface area contributed by atoms with E-state index in [0.29, 0.717) is 5.56 Å². The van der Waals surface area contributed by atoms with Gasteiger partial charge in [-0.1, -0.05) is 35.7 Å². The summed E-state index contributed by atoms with van der Waals surface area (Å²) in [6.07, 6.45) is 5.41. The number of hydrogen-bond acceptors (Lipinski definition) is 3. The fourth-order valence-corrected chi connectivity index (χ4v) is 2.17. The van der Waals surface area contributed by atoms with E-state index in [1.807, 2.05) is 13.0 Å². The molecule has 0 aliphatic carbocycles. The van der Waals surface area contributed by atoms with Crippen molar-refractivity contribution in [3.63, 3.8) is 0 Å². The fraction of sp³-hybridized carbons (Fsp3) is 0.250. The number of rotatable bonds is 2. The molecule has 2 aromatic rings. The van der Waals surface area contributed by atoms with Crippen molar-refractivity contribution in [1.29, 1.82) is 0 Å². The predicted molar refractivity (Wildman–Crippen MR) is 81.3 cm³/mol. The molecule has 5 heteroatoms. The van der Waals surface area contributed by atoms with Crippen LogP contribution in [0.2, 0.25) is 0 Å². The highest BCUT2D eigenvalue weighted by molar-refractivity contribution is 5.68. The van der Waals surface area contributed by atoms with Gasteiger partial charge in [-0.2, -0.15) is 0 Å². The number of nitrogens with zero attached hydrogens (tertiary/aromatic N) is 1. The summed E-state index contributed by atoms with van der Waals surface area (Å²) < 4.78 is 1.01. The van der Waals surface area contributed by atoms with Gasteiger partial charge >= 0.3 is 5.69 Å². The Balaban J connectivity index is 2.88.